The van der Waals surface area contributed by atoms with Gasteiger partial charge in [0, 0.05) is 33.2 Å². The Balaban J connectivity index is 1.54. The van der Waals surface area contributed by atoms with E-state index >= 15 is 0 Å². The zero-order chi connectivity index (χ0) is 29.5. The van der Waals surface area contributed by atoms with E-state index in [-0.39, 0.29) is 24.8 Å². The molecule has 3 aromatic heterocycles. The molecule has 1 aromatic carbocycles. The van der Waals surface area contributed by atoms with Crippen LogP contribution >= 0.6 is 0 Å². The third-order valence-electron chi connectivity index (χ3n) is 7.07. The molecule has 0 saturated carbocycles. The van der Waals surface area contributed by atoms with Crippen molar-refractivity contribution in [3.63, 3.8) is 0 Å². The van der Waals surface area contributed by atoms with Gasteiger partial charge in [-0.1, -0.05) is 17.2 Å². The minimum atomic E-state index is -0.601. The number of piperidine rings is 1. The predicted molar refractivity (Wildman–Crippen MR) is 155 cm³/mol. The van der Waals surface area contributed by atoms with Gasteiger partial charge < -0.3 is 15.0 Å². The number of hydrogen-bond donors (Lipinski definition) is 1. The van der Waals surface area contributed by atoms with Gasteiger partial charge in [0.15, 0.2) is 11.2 Å². The molecule has 0 spiro atoms. The summed E-state index contributed by atoms with van der Waals surface area (Å²) < 4.78 is 11.5. The number of amides is 1. The standard InChI is InChI=1S/C28H35N9O4/c1-7-8-14-36-22-23(30-25(36)35-13-9-10-19(17-35)29-26(39)41-28(2,3)4)33(5)27(40)37(24(22)38)16-18-11-12-21-20(15-18)31-32-34(21)6/h11-12,15,19H,9-10,13-14,16-17H2,1-6H3,(H,29,39)/t19-/m1/s1. The molecular formula is C28H35N9O4. The summed E-state index contributed by atoms with van der Waals surface area (Å²) in [7, 11) is 3.42. The number of hydrogen-bond acceptors (Lipinski definition) is 8. The van der Waals surface area contributed by atoms with E-state index < -0.39 is 22.9 Å². The normalized spacial score (nSPS) is 15.7. The second-order valence-electron chi connectivity index (χ2n) is 11.3. The number of carbonyl (C=O) groups is 1. The smallest absolute Gasteiger partial charge is 0.407 e. The molecule has 4 heterocycles. The summed E-state index contributed by atoms with van der Waals surface area (Å²) in [6.07, 6.45) is 1.11. The molecule has 1 aliphatic heterocycles. The topological polar surface area (TPSA) is 134 Å². The molecule has 1 aliphatic rings. The summed E-state index contributed by atoms with van der Waals surface area (Å²) in [4.78, 5) is 46.6. The Bertz CT molecular complexity index is 1810. The van der Waals surface area contributed by atoms with Crippen molar-refractivity contribution in [2.45, 2.75) is 65.3 Å². The minimum Gasteiger partial charge on any atom is -0.444 e. The SMILES string of the molecule is CC#CCn1c(N2CCC[C@@H](NC(=O)OC(C)(C)C)C2)nc2c1c(=O)n(Cc1ccc3c(c1)nnn3C)c(=O)n2C. The van der Waals surface area contributed by atoms with Gasteiger partial charge in [0.05, 0.1) is 18.6 Å². The minimum absolute atomic E-state index is 0.0690. The highest BCUT2D eigenvalue weighted by molar-refractivity contribution is 5.76. The van der Waals surface area contributed by atoms with Crippen molar-refractivity contribution < 1.29 is 9.53 Å². The van der Waals surface area contributed by atoms with E-state index in [9.17, 15) is 14.4 Å². The van der Waals surface area contributed by atoms with E-state index in [1.54, 1.807) is 30.3 Å². The number of benzene rings is 1. The van der Waals surface area contributed by atoms with E-state index in [2.05, 4.69) is 27.5 Å². The monoisotopic (exact) mass is 561 g/mol. The lowest BCUT2D eigenvalue weighted by atomic mass is 10.1. The Kier molecular flexibility index (Phi) is 7.33. The maximum absolute atomic E-state index is 13.9. The fourth-order valence-electron chi connectivity index (χ4n) is 5.17. The van der Waals surface area contributed by atoms with Gasteiger partial charge in [0.2, 0.25) is 5.95 Å². The molecule has 0 radical (unpaired) electrons. The van der Waals surface area contributed by atoms with Crippen molar-refractivity contribution in [1.82, 2.24) is 39.0 Å². The van der Waals surface area contributed by atoms with Crippen molar-refractivity contribution in [3.05, 3.63) is 44.6 Å². The average Bonchev–Trinajstić information content (AvgIpc) is 3.48. The van der Waals surface area contributed by atoms with Crippen molar-refractivity contribution in [3.8, 4) is 11.8 Å². The number of aryl methyl sites for hydroxylation is 2. The average molecular weight is 562 g/mol. The first-order valence-corrected chi connectivity index (χ1v) is 13.6. The van der Waals surface area contributed by atoms with E-state index in [0.717, 1.165) is 23.9 Å². The third-order valence-corrected chi connectivity index (χ3v) is 7.07. The summed E-state index contributed by atoms with van der Waals surface area (Å²) in [6.45, 7) is 8.64. The Morgan fingerprint density at radius 3 is 2.71 bits per heavy atom. The number of alkyl carbamates (subject to hydrolysis) is 1. The number of carbonyl (C=O) groups excluding carboxylic acids is 1. The van der Waals surface area contributed by atoms with Crippen molar-refractivity contribution in [2.24, 2.45) is 14.1 Å². The van der Waals surface area contributed by atoms with Crippen LogP contribution in [0, 0.1) is 11.8 Å². The van der Waals surface area contributed by atoms with Gasteiger partial charge in [0.1, 0.15) is 11.1 Å². The number of rotatable bonds is 5. The molecule has 41 heavy (non-hydrogen) atoms. The van der Waals surface area contributed by atoms with Gasteiger partial charge in [-0.2, -0.15) is 4.98 Å². The highest BCUT2D eigenvalue weighted by Gasteiger charge is 2.29. The van der Waals surface area contributed by atoms with Crippen LogP contribution in [-0.4, -0.2) is 64.5 Å². The molecule has 1 atom stereocenters. The molecule has 216 valence electrons. The molecule has 1 saturated heterocycles. The molecule has 0 bridgehead atoms. The van der Waals surface area contributed by atoms with Crippen molar-refractivity contribution in [2.75, 3.05) is 18.0 Å². The Labute approximate surface area is 236 Å². The Morgan fingerprint density at radius 2 is 1.98 bits per heavy atom. The maximum atomic E-state index is 13.9. The lowest BCUT2D eigenvalue weighted by Gasteiger charge is -2.34. The number of nitrogens with one attached hydrogen (secondary N) is 1. The van der Waals surface area contributed by atoms with Gasteiger partial charge in [-0.3, -0.25) is 18.5 Å². The van der Waals surface area contributed by atoms with Crippen LogP contribution in [0.15, 0.2) is 27.8 Å². The summed E-state index contributed by atoms with van der Waals surface area (Å²) in [5.74, 6) is 6.47. The van der Waals surface area contributed by atoms with Crippen molar-refractivity contribution in [1.29, 1.82) is 0 Å². The highest BCUT2D eigenvalue weighted by atomic mass is 16.6. The largest absolute Gasteiger partial charge is 0.444 e. The molecular weight excluding hydrogens is 526 g/mol. The van der Waals surface area contributed by atoms with Crippen LogP contribution < -0.4 is 21.5 Å². The quantitative estimate of drug-likeness (QED) is 0.364. The van der Waals surface area contributed by atoms with Crippen LogP contribution in [0.4, 0.5) is 10.7 Å². The summed E-state index contributed by atoms with van der Waals surface area (Å²) >= 11 is 0. The molecule has 1 fully saturated rings. The second-order valence-corrected chi connectivity index (χ2v) is 11.3. The molecule has 1 amide bonds. The summed E-state index contributed by atoms with van der Waals surface area (Å²) in [5.41, 5.74) is 1.36. The fraction of sp³-hybridized carbons (Fsp3) is 0.500. The maximum Gasteiger partial charge on any atom is 0.407 e. The van der Waals surface area contributed by atoms with Gasteiger partial charge >= 0.3 is 11.8 Å². The summed E-state index contributed by atoms with van der Waals surface area (Å²) in [5, 5.41) is 11.1. The fourth-order valence-corrected chi connectivity index (χ4v) is 5.17. The second kappa shape index (κ2) is 10.8. The lowest BCUT2D eigenvalue weighted by molar-refractivity contribution is 0.0499. The first-order valence-electron chi connectivity index (χ1n) is 13.6. The van der Waals surface area contributed by atoms with Gasteiger partial charge in [0.25, 0.3) is 5.56 Å². The first kappa shape index (κ1) is 27.9. The van der Waals surface area contributed by atoms with E-state index in [1.807, 2.05) is 43.9 Å². The molecule has 4 aromatic rings. The van der Waals surface area contributed by atoms with Gasteiger partial charge in [-0.25, -0.2) is 14.3 Å². The van der Waals surface area contributed by atoms with Gasteiger partial charge in [-0.15, -0.1) is 11.0 Å². The number of aromatic nitrogens is 7. The first-order chi connectivity index (χ1) is 19.5. The van der Waals surface area contributed by atoms with Crippen LogP contribution in [0.5, 0.6) is 0 Å². The number of fused-ring (bicyclic) bond motifs is 2. The lowest BCUT2D eigenvalue weighted by Crippen LogP contribution is -2.49. The van der Waals surface area contributed by atoms with Crippen LogP contribution in [0.1, 0.15) is 46.1 Å². The van der Waals surface area contributed by atoms with Crippen molar-refractivity contribution >= 4 is 34.2 Å². The van der Waals surface area contributed by atoms with Crippen LogP contribution in [0.25, 0.3) is 22.2 Å². The number of anilines is 1. The zero-order valence-corrected chi connectivity index (χ0v) is 24.3. The predicted octanol–water partition coefficient (Wildman–Crippen LogP) is 1.74. The van der Waals surface area contributed by atoms with Gasteiger partial charge in [-0.05, 0) is 58.2 Å². The van der Waals surface area contributed by atoms with E-state index in [0.29, 0.717) is 30.1 Å². The highest BCUT2D eigenvalue weighted by Crippen LogP contribution is 2.24. The number of ether oxygens (including phenoxy) is 1. The van der Waals surface area contributed by atoms with Crippen LogP contribution in [0.3, 0.4) is 0 Å². The molecule has 13 nitrogen and oxygen atoms in total. The number of nitrogens with zero attached hydrogens (tertiary/aromatic N) is 8. The summed E-state index contributed by atoms with van der Waals surface area (Å²) in [6, 6.07) is 5.39. The van der Waals surface area contributed by atoms with E-state index in [4.69, 9.17) is 9.72 Å². The van der Waals surface area contributed by atoms with Crippen LogP contribution in [0.2, 0.25) is 0 Å². The molecule has 13 heteroatoms. The van der Waals surface area contributed by atoms with E-state index in [1.165, 1.54) is 9.13 Å². The Morgan fingerprint density at radius 1 is 1.20 bits per heavy atom. The molecule has 1 N–H and O–H groups in total. The zero-order valence-electron chi connectivity index (χ0n) is 24.3. The van der Waals surface area contributed by atoms with Crippen LogP contribution in [-0.2, 0) is 31.9 Å². The molecule has 0 aliphatic carbocycles. The molecule has 5 rings (SSSR count). The number of imidazole rings is 1. The Hall–Kier alpha value is -4.60. The molecule has 0 unspecified atom stereocenters. The third kappa shape index (κ3) is 5.54.